The highest BCUT2D eigenvalue weighted by molar-refractivity contribution is 6.30. The standard InChI is InChI=1S/C16H21ClFN5O/c1-9(2)16(4,8-19)20-15(24)14-10(3)23(22-21-14)11-5-6-13(18)12(17)7-11/h5-7,9H,8,19H2,1-4H3,(H,20,24). The van der Waals surface area contributed by atoms with Crippen LogP contribution in [0, 0.1) is 18.7 Å². The van der Waals surface area contributed by atoms with Crippen molar-refractivity contribution in [2.75, 3.05) is 6.54 Å². The van der Waals surface area contributed by atoms with Gasteiger partial charge in [0, 0.05) is 6.54 Å². The predicted molar refractivity (Wildman–Crippen MR) is 90.8 cm³/mol. The van der Waals surface area contributed by atoms with E-state index in [1.807, 2.05) is 20.8 Å². The van der Waals surface area contributed by atoms with Gasteiger partial charge in [0.1, 0.15) is 5.82 Å². The summed E-state index contributed by atoms with van der Waals surface area (Å²) in [6.07, 6.45) is 0. The van der Waals surface area contributed by atoms with Crippen molar-refractivity contribution < 1.29 is 9.18 Å². The first kappa shape index (κ1) is 18.4. The molecule has 8 heteroatoms. The number of nitrogens with one attached hydrogen (secondary N) is 1. The fourth-order valence-electron chi connectivity index (χ4n) is 2.15. The molecule has 130 valence electrons. The molecule has 0 saturated carbocycles. The molecule has 2 aromatic rings. The number of amides is 1. The molecule has 0 spiro atoms. The van der Waals surface area contributed by atoms with Gasteiger partial charge < -0.3 is 11.1 Å². The summed E-state index contributed by atoms with van der Waals surface area (Å²) >= 11 is 5.80. The van der Waals surface area contributed by atoms with Crippen LogP contribution in [-0.4, -0.2) is 33.0 Å². The molecule has 0 saturated heterocycles. The molecule has 24 heavy (non-hydrogen) atoms. The topological polar surface area (TPSA) is 85.8 Å². The molecule has 0 fully saturated rings. The number of halogens is 2. The van der Waals surface area contributed by atoms with Crippen molar-refractivity contribution in [3.63, 3.8) is 0 Å². The number of carbonyl (C=O) groups excluding carboxylic acids is 1. The van der Waals surface area contributed by atoms with Crippen molar-refractivity contribution in [2.45, 2.75) is 33.2 Å². The molecule has 1 atom stereocenters. The van der Waals surface area contributed by atoms with Crippen molar-refractivity contribution in [3.05, 3.63) is 40.4 Å². The van der Waals surface area contributed by atoms with Crippen molar-refractivity contribution >= 4 is 17.5 Å². The largest absolute Gasteiger partial charge is 0.344 e. The first-order valence-electron chi connectivity index (χ1n) is 7.60. The highest BCUT2D eigenvalue weighted by Crippen LogP contribution is 2.21. The fourth-order valence-corrected chi connectivity index (χ4v) is 2.33. The Labute approximate surface area is 145 Å². The lowest BCUT2D eigenvalue weighted by atomic mass is 9.88. The van der Waals surface area contributed by atoms with Crippen molar-refractivity contribution in [1.82, 2.24) is 20.3 Å². The first-order chi connectivity index (χ1) is 11.2. The highest BCUT2D eigenvalue weighted by Gasteiger charge is 2.30. The minimum atomic E-state index is -0.549. The Hall–Kier alpha value is -1.99. The van der Waals surface area contributed by atoms with E-state index in [2.05, 4.69) is 15.6 Å². The van der Waals surface area contributed by atoms with E-state index in [1.54, 1.807) is 6.92 Å². The minimum absolute atomic E-state index is 0.0242. The van der Waals surface area contributed by atoms with E-state index in [4.69, 9.17) is 17.3 Å². The number of aromatic nitrogens is 3. The van der Waals surface area contributed by atoms with Gasteiger partial charge in [0.25, 0.3) is 5.91 Å². The molecule has 6 nitrogen and oxygen atoms in total. The second-order valence-corrected chi connectivity index (χ2v) is 6.67. The lowest BCUT2D eigenvalue weighted by molar-refractivity contribution is 0.0877. The summed E-state index contributed by atoms with van der Waals surface area (Å²) in [5, 5.41) is 10.8. The van der Waals surface area contributed by atoms with Gasteiger partial charge in [-0.1, -0.05) is 30.7 Å². The maximum Gasteiger partial charge on any atom is 0.274 e. The molecular formula is C16H21ClFN5O. The highest BCUT2D eigenvalue weighted by atomic mass is 35.5. The van der Waals surface area contributed by atoms with Crippen molar-refractivity contribution in [2.24, 2.45) is 11.7 Å². The lowest BCUT2D eigenvalue weighted by Gasteiger charge is -2.33. The Kier molecular flexibility index (Phi) is 5.25. The van der Waals surface area contributed by atoms with Gasteiger partial charge in [-0.2, -0.15) is 0 Å². The third-order valence-electron chi connectivity index (χ3n) is 4.35. The summed E-state index contributed by atoms with van der Waals surface area (Å²) in [4.78, 5) is 12.5. The minimum Gasteiger partial charge on any atom is -0.344 e. The van der Waals surface area contributed by atoms with Gasteiger partial charge in [-0.3, -0.25) is 4.79 Å². The van der Waals surface area contributed by atoms with E-state index in [-0.39, 0.29) is 22.5 Å². The van der Waals surface area contributed by atoms with Crippen LogP contribution >= 0.6 is 11.6 Å². The normalized spacial score (nSPS) is 13.8. The molecule has 1 aromatic carbocycles. The molecule has 0 aliphatic rings. The van der Waals surface area contributed by atoms with E-state index in [1.165, 1.54) is 22.9 Å². The van der Waals surface area contributed by atoms with Crippen LogP contribution in [0.4, 0.5) is 4.39 Å². The third-order valence-corrected chi connectivity index (χ3v) is 4.64. The van der Waals surface area contributed by atoms with Crippen molar-refractivity contribution in [1.29, 1.82) is 0 Å². The van der Waals surface area contributed by atoms with Crippen LogP contribution in [0.15, 0.2) is 18.2 Å². The second kappa shape index (κ2) is 6.86. The molecular weight excluding hydrogens is 333 g/mol. The zero-order valence-corrected chi connectivity index (χ0v) is 14.9. The summed E-state index contributed by atoms with van der Waals surface area (Å²) in [6, 6.07) is 4.18. The van der Waals surface area contributed by atoms with Gasteiger partial charge in [-0.05, 0) is 38.0 Å². The Morgan fingerprint density at radius 3 is 2.71 bits per heavy atom. The fraction of sp³-hybridized carbons (Fsp3) is 0.438. The molecule has 3 N–H and O–H groups in total. The Morgan fingerprint density at radius 1 is 1.50 bits per heavy atom. The number of rotatable bonds is 5. The van der Waals surface area contributed by atoms with E-state index in [9.17, 15) is 9.18 Å². The van der Waals surface area contributed by atoms with Crippen LogP contribution in [0.3, 0.4) is 0 Å². The number of hydrogen-bond donors (Lipinski definition) is 2. The smallest absolute Gasteiger partial charge is 0.274 e. The zero-order valence-electron chi connectivity index (χ0n) is 14.1. The second-order valence-electron chi connectivity index (χ2n) is 6.26. The molecule has 0 aliphatic carbocycles. The average Bonchev–Trinajstić information content (AvgIpc) is 2.91. The number of carbonyl (C=O) groups is 1. The first-order valence-corrected chi connectivity index (χ1v) is 7.97. The van der Waals surface area contributed by atoms with Crippen LogP contribution in [0.2, 0.25) is 5.02 Å². The Morgan fingerprint density at radius 2 is 2.17 bits per heavy atom. The summed E-state index contributed by atoms with van der Waals surface area (Å²) in [7, 11) is 0. The zero-order chi connectivity index (χ0) is 18.1. The van der Waals surface area contributed by atoms with Gasteiger partial charge in [0.05, 0.1) is 21.9 Å². The molecule has 2 rings (SSSR count). The Balaban J connectivity index is 2.32. The number of hydrogen-bond acceptors (Lipinski definition) is 4. The van der Waals surface area contributed by atoms with E-state index in [0.717, 1.165) is 0 Å². The van der Waals surface area contributed by atoms with Crippen LogP contribution in [0.1, 0.15) is 37.0 Å². The van der Waals surface area contributed by atoms with Crippen molar-refractivity contribution in [3.8, 4) is 5.69 Å². The Bertz CT molecular complexity index is 761. The van der Waals surface area contributed by atoms with Gasteiger partial charge in [-0.15, -0.1) is 5.10 Å². The van der Waals surface area contributed by atoms with Gasteiger partial charge in [0.2, 0.25) is 0 Å². The van der Waals surface area contributed by atoms with E-state index in [0.29, 0.717) is 17.9 Å². The average molecular weight is 354 g/mol. The van der Waals surface area contributed by atoms with Gasteiger partial charge >= 0.3 is 0 Å². The van der Waals surface area contributed by atoms with Gasteiger partial charge in [-0.25, -0.2) is 9.07 Å². The predicted octanol–water partition coefficient (Wildman–Crippen LogP) is 2.47. The monoisotopic (exact) mass is 353 g/mol. The number of benzene rings is 1. The van der Waals surface area contributed by atoms with Crippen LogP contribution in [0.5, 0.6) is 0 Å². The van der Waals surface area contributed by atoms with E-state index >= 15 is 0 Å². The summed E-state index contributed by atoms with van der Waals surface area (Å²) in [5.74, 6) is -0.724. The molecule has 0 aliphatic heterocycles. The molecule has 0 radical (unpaired) electrons. The third kappa shape index (κ3) is 3.42. The maximum atomic E-state index is 13.3. The molecule has 1 heterocycles. The SMILES string of the molecule is Cc1c(C(=O)NC(C)(CN)C(C)C)nnn1-c1ccc(F)c(Cl)c1. The van der Waals surface area contributed by atoms with E-state index < -0.39 is 11.4 Å². The summed E-state index contributed by atoms with van der Waals surface area (Å²) in [5.41, 5.74) is 6.48. The van der Waals surface area contributed by atoms with Gasteiger partial charge in [0.15, 0.2) is 5.69 Å². The molecule has 1 unspecified atom stereocenters. The van der Waals surface area contributed by atoms with Crippen LogP contribution < -0.4 is 11.1 Å². The maximum absolute atomic E-state index is 13.3. The summed E-state index contributed by atoms with van der Waals surface area (Å²) in [6.45, 7) is 7.86. The lowest BCUT2D eigenvalue weighted by Crippen LogP contribution is -2.55. The van der Waals surface area contributed by atoms with Crippen LogP contribution in [-0.2, 0) is 0 Å². The number of nitrogens with zero attached hydrogens (tertiary/aromatic N) is 3. The molecule has 1 amide bonds. The summed E-state index contributed by atoms with van der Waals surface area (Å²) < 4.78 is 14.7. The molecule has 0 bridgehead atoms. The molecule has 1 aromatic heterocycles. The number of nitrogens with two attached hydrogens (primary N) is 1. The van der Waals surface area contributed by atoms with Crippen LogP contribution in [0.25, 0.3) is 5.69 Å². The quantitative estimate of drug-likeness (QED) is 0.864.